The maximum absolute atomic E-state index is 12.0. The molecule has 0 aliphatic carbocycles. The predicted molar refractivity (Wildman–Crippen MR) is 77.2 cm³/mol. The number of carbonyl (C=O) groups excluding carboxylic acids is 1. The number of amides is 1. The van der Waals surface area contributed by atoms with E-state index < -0.39 is 17.3 Å². The van der Waals surface area contributed by atoms with Crippen LogP contribution in [0.4, 0.5) is 0 Å². The minimum Gasteiger partial charge on any atom is -0.476 e. The third-order valence-electron chi connectivity index (χ3n) is 3.77. The number of aliphatic carboxylic acids is 1. The first-order chi connectivity index (χ1) is 10.6. The van der Waals surface area contributed by atoms with Gasteiger partial charge >= 0.3 is 5.97 Å². The quantitative estimate of drug-likeness (QED) is 0.776. The minimum atomic E-state index is -1.20. The number of benzene rings is 1. The largest absolute Gasteiger partial charge is 0.476 e. The molecule has 112 valence electrons. The molecule has 0 spiro atoms. The van der Waals surface area contributed by atoms with Crippen molar-refractivity contribution in [2.45, 2.75) is 5.37 Å². The van der Waals surface area contributed by atoms with Crippen molar-refractivity contribution in [1.82, 2.24) is 19.9 Å². The van der Waals surface area contributed by atoms with Crippen LogP contribution in [0.3, 0.4) is 0 Å². The number of para-hydroxylation sites is 1. The van der Waals surface area contributed by atoms with E-state index in [0.717, 1.165) is 0 Å². The summed E-state index contributed by atoms with van der Waals surface area (Å²) < 4.78 is 1.43. The summed E-state index contributed by atoms with van der Waals surface area (Å²) in [6.45, 7) is -0.300. The van der Waals surface area contributed by atoms with Crippen molar-refractivity contribution in [1.29, 1.82) is 0 Å². The van der Waals surface area contributed by atoms with Crippen LogP contribution in [-0.2, 0) is 9.59 Å². The highest BCUT2D eigenvalue weighted by Crippen LogP contribution is 2.51. The van der Waals surface area contributed by atoms with Crippen LogP contribution in [0.2, 0.25) is 0 Å². The molecule has 9 heteroatoms. The number of fused-ring (bicyclic) bond motifs is 2. The number of aliphatic hydroxyl groups excluding tert-OH is 1. The fraction of sp³-hybridized carbons (Fsp3) is 0.231. The first-order valence-corrected chi connectivity index (χ1v) is 7.40. The molecule has 2 aliphatic rings. The minimum absolute atomic E-state index is 0.111. The number of carboxylic acid groups (broad SMARTS) is 1. The van der Waals surface area contributed by atoms with Gasteiger partial charge in [-0.15, -0.1) is 5.10 Å². The average Bonchev–Trinajstić information content (AvgIpc) is 3.06. The fourth-order valence-electron chi connectivity index (χ4n) is 2.70. The van der Waals surface area contributed by atoms with Crippen LogP contribution in [0.5, 0.6) is 0 Å². The molecule has 1 amide bonds. The molecule has 2 N–H and O–H groups in total. The number of thioether (sulfide) groups is 1. The molecule has 1 aromatic carbocycles. The van der Waals surface area contributed by atoms with Crippen LogP contribution < -0.4 is 0 Å². The molecule has 3 heterocycles. The molecule has 0 radical (unpaired) electrons. The van der Waals surface area contributed by atoms with Gasteiger partial charge in [-0.1, -0.05) is 29.1 Å². The topological polar surface area (TPSA) is 109 Å². The molecule has 1 saturated heterocycles. The highest BCUT2D eigenvalue weighted by atomic mass is 32.2. The smallest absolute Gasteiger partial charge is 0.355 e. The van der Waals surface area contributed by atoms with E-state index in [1.54, 1.807) is 18.2 Å². The predicted octanol–water partition coefficient (Wildman–Crippen LogP) is 0.166. The Morgan fingerprint density at radius 1 is 1.36 bits per heavy atom. The number of β-lactam (4-membered cyclic amide) rings is 1. The van der Waals surface area contributed by atoms with Gasteiger partial charge in [0.1, 0.15) is 15.9 Å². The van der Waals surface area contributed by atoms with E-state index >= 15 is 0 Å². The summed E-state index contributed by atoms with van der Waals surface area (Å²) in [6, 6.07) is 7.17. The molecular formula is C13H10N4O4S. The van der Waals surface area contributed by atoms with Gasteiger partial charge in [0.05, 0.1) is 18.0 Å². The van der Waals surface area contributed by atoms with E-state index in [1.165, 1.54) is 21.3 Å². The van der Waals surface area contributed by atoms with Gasteiger partial charge in [0.15, 0.2) is 5.70 Å². The molecule has 0 unspecified atom stereocenters. The summed E-state index contributed by atoms with van der Waals surface area (Å²) in [6.07, 6.45) is 0. The monoisotopic (exact) mass is 318 g/mol. The Bertz CT molecular complexity index is 845. The number of aromatic nitrogens is 3. The SMILES string of the molecule is O=C(O)C1=C(n2nnc3ccccc32)S[C@@H]2[C@@H](CO)C(=O)N12. The molecule has 22 heavy (non-hydrogen) atoms. The van der Waals surface area contributed by atoms with E-state index in [2.05, 4.69) is 10.3 Å². The summed E-state index contributed by atoms with van der Waals surface area (Å²) in [7, 11) is 0. The number of nitrogens with zero attached hydrogens (tertiary/aromatic N) is 4. The molecular weight excluding hydrogens is 308 g/mol. The van der Waals surface area contributed by atoms with Crippen molar-refractivity contribution in [3.8, 4) is 0 Å². The standard InChI is InChI=1S/C13H10N4O4S/c18-5-6-10(19)16-9(13(20)21)12(22-11(6)16)17-8-4-2-1-3-7(8)14-15-17/h1-4,6,11,18H,5H2,(H,20,21)/t6-,11+/m0/s1. The molecule has 1 aromatic heterocycles. The molecule has 2 aliphatic heterocycles. The molecule has 4 rings (SSSR count). The van der Waals surface area contributed by atoms with Gasteiger partial charge in [-0.3, -0.25) is 9.69 Å². The summed E-state index contributed by atoms with van der Waals surface area (Å²) in [4.78, 5) is 24.8. The summed E-state index contributed by atoms with van der Waals surface area (Å²) in [5.74, 6) is -2.15. The van der Waals surface area contributed by atoms with Gasteiger partial charge in [-0.2, -0.15) is 0 Å². The van der Waals surface area contributed by atoms with Gasteiger partial charge in [0, 0.05) is 0 Å². The molecule has 0 saturated carbocycles. The van der Waals surface area contributed by atoms with Gasteiger partial charge in [-0.25, -0.2) is 9.48 Å². The van der Waals surface area contributed by atoms with Crippen molar-refractivity contribution in [2.75, 3.05) is 6.61 Å². The highest BCUT2D eigenvalue weighted by Gasteiger charge is 2.56. The number of hydrogen-bond donors (Lipinski definition) is 2. The lowest BCUT2D eigenvalue weighted by molar-refractivity contribution is -0.153. The van der Waals surface area contributed by atoms with Crippen LogP contribution in [0, 0.1) is 5.92 Å². The zero-order chi connectivity index (χ0) is 15.4. The number of rotatable bonds is 3. The van der Waals surface area contributed by atoms with E-state index in [-0.39, 0.29) is 18.2 Å². The Morgan fingerprint density at radius 3 is 2.86 bits per heavy atom. The first-order valence-electron chi connectivity index (χ1n) is 6.52. The van der Waals surface area contributed by atoms with Gasteiger partial charge in [0.2, 0.25) is 5.91 Å². The zero-order valence-electron chi connectivity index (χ0n) is 11.1. The van der Waals surface area contributed by atoms with Crippen molar-refractivity contribution < 1.29 is 19.8 Å². The number of carboxylic acids is 1. The van der Waals surface area contributed by atoms with Gasteiger partial charge < -0.3 is 10.2 Å². The van der Waals surface area contributed by atoms with Crippen molar-refractivity contribution >= 4 is 39.7 Å². The fourth-order valence-corrected chi connectivity index (χ4v) is 4.14. The van der Waals surface area contributed by atoms with Gasteiger partial charge in [-0.05, 0) is 12.1 Å². The lowest BCUT2D eigenvalue weighted by Crippen LogP contribution is -2.58. The molecule has 8 nitrogen and oxygen atoms in total. The Kier molecular flexibility index (Phi) is 2.75. The third-order valence-corrected chi connectivity index (χ3v) is 5.14. The molecule has 1 fully saturated rings. The van der Waals surface area contributed by atoms with E-state index in [1.807, 2.05) is 6.07 Å². The zero-order valence-corrected chi connectivity index (χ0v) is 11.9. The second kappa shape index (κ2) is 4.55. The molecule has 2 atom stereocenters. The molecule has 2 aromatic rings. The maximum atomic E-state index is 12.0. The summed E-state index contributed by atoms with van der Waals surface area (Å²) >= 11 is 1.21. The summed E-state index contributed by atoms with van der Waals surface area (Å²) in [5, 5.41) is 26.7. The van der Waals surface area contributed by atoms with Crippen LogP contribution in [-0.4, -0.2) is 54.0 Å². The normalized spacial score (nSPS) is 23.9. The average molecular weight is 318 g/mol. The molecule has 0 bridgehead atoms. The third kappa shape index (κ3) is 1.57. The number of carbonyl (C=O) groups is 2. The Balaban J connectivity index is 1.87. The van der Waals surface area contributed by atoms with Crippen LogP contribution in [0.15, 0.2) is 30.0 Å². The number of hydrogen-bond acceptors (Lipinski definition) is 6. The van der Waals surface area contributed by atoms with E-state index in [0.29, 0.717) is 16.1 Å². The van der Waals surface area contributed by atoms with Crippen molar-refractivity contribution in [3.05, 3.63) is 30.0 Å². The van der Waals surface area contributed by atoms with Crippen LogP contribution >= 0.6 is 11.8 Å². The van der Waals surface area contributed by atoms with Crippen LogP contribution in [0.1, 0.15) is 0 Å². The van der Waals surface area contributed by atoms with E-state index in [4.69, 9.17) is 0 Å². The van der Waals surface area contributed by atoms with Crippen LogP contribution in [0.25, 0.3) is 16.1 Å². The Morgan fingerprint density at radius 2 is 2.14 bits per heavy atom. The maximum Gasteiger partial charge on any atom is 0.355 e. The second-order valence-corrected chi connectivity index (χ2v) is 6.06. The van der Waals surface area contributed by atoms with E-state index in [9.17, 15) is 19.8 Å². The number of aliphatic hydroxyl groups is 1. The lowest BCUT2D eigenvalue weighted by atomic mass is 9.98. The second-order valence-electron chi connectivity index (χ2n) is 4.95. The Labute approximate surface area is 128 Å². The van der Waals surface area contributed by atoms with Crippen molar-refractivity contribution in [3.63, 3.8) is 0 Å². The highest BCUT2D eigenvalue weighted by molar-refractivity contribution is 8.08. The van der Waals surface area contributed by atoms with Gasteiger partial charge in [0.25, 0.3) is 0 Å². The Hall–Kier alpha value is -2.39. The first kappa shape index (κ1) is 13.3. The summed E-state index contributed by atoms with van der Waals surface area (Å²) in [5.41, 5.74) is 1.19. The lowest BCUT2D eigenvalue weighted by Gasteiger charge is -2.40. The van der Waals surface area contributed by atoms with Crippen molar-refractivity contribution in [2.24, 2.45) is 5.92 Å².